The Labute approximate surface area is 122 Å². The van der Waals surface area contributed by atoms with Crippen LogP contribution in [0.25, 0.3) is 0 Å². The molecule has 0 bridgehead atoms. The number of hydrogen-bond donors (Lipinski definition) is 2. The molecular formula is C17H26N2O. The van der Waals surface area contributed by atoms with E-state index in [4.69, 9.17) is 5.73 Å². The van der Waals surface area contributed by atoms with Gasteiger partial charge in [-0.25, -0.2) is 0 Å². The number of anilines is 2. The molecule has 0 fully saturated rings. The number of para-hydroxylation sites is 2. The second-order valence-corrected chi connectivity index (χ2v) is 7.13. The number of allylic oxidation sites excluding steroid dienone is 2. The van der Waals surface area contributed by atoms with E-state index < -0.39 is 0 Å². The topological polar surface area (TPSA) is 55.1 Å². The van der Waals surface area contributed by atoms with Crippen molar-refractivity contribution in [2.24, 2.45) is 10.8 Å². The summed E-state index contributed by atoms with van der Waals surface area (Å²) in [5.74, 6) is 0.101. The first-order chi connectivity index (χ1) is 9.01. The smallest absolute Gasteiger partial charge is 0.162 e. The quantitative estimate of drug-likeness (QED) is 0.640. The van der Waals surface area contributed by atoms with Gasteiger partial charge in [-0.2, -0.15) is 0 Å². The molecule has 0 aliphatic rings. The lowest BCUT2D eigenvalue weighted by Crippen LogP contribution is -2.23. The highest BCUT2D eigenvalue weighted by Gasteiger charge is 2.24. The highest BCUT2D eigenvalue weighted by Crippen LogP contribution is 2.30. The van der Waals surface area contributed by atoms with Gasteiger partial charge in [-0.3, -0.25) is 4.79 Å². The van der Waals surface area contributed by atoms with Crippen LogP contribution in [0.2, 0.25) is 0 Å². The minimum atomic E-state index is -0.388. The molecule has 1 aromatic rings. The van der Waals surface area contributed by atoms with E-state index in [2.05, 4.69) is 26.1 Å². The van der Waals surface area contributed by atoms with Gasteiger partial charge in [0.2, 0.25) is 0 Å². The van der Waals surface area contributed by atoms with E-state index in [9.17, 15) is 4.79 Å². The van der Waals surface area contributed by atoms with Crippen LogP contribution in [0.5, 0.6) is 0 Å². The number of rotatable bonds is 3. The predicted molar refractivity (Wildman–Crippen MR) is 86.5 cm³/mol. The van der Waals surface area contributed by atoms with E-state index in [0.717, 1.165) is 11.4 Å². The van der Waals surface area contributed by atoms with E-state index in [1.54, 1.807) is 6.08 Å². The van der Waals surface area contributed by atoms with Crippen LogP contribution in [0.15, 0.2) is 36.0 Å². The van der Waals surface area contributed by atoms with Crippen LogP contribution in [-0.2, 0) is 4.79 Å². The maximum atomic E-state index is 12.2. The summed E-state index contributed by atoms with van der Waals surface area (Å²) in [6, 6.07) is 7.57. The van der Waals surface area contributed by atoms with Gasteiger partial charge < -0.3 is 11.1 Å². The summed E-state index contributed by atoms with van der Waals surface area (Å²) in [6.07, 6.45) is 1.70. The van der Waals surface area contributed by atoms with Crippen LogP contribution < -0.4 is 11.1 Å². The predicted octanol–water partition coefficient (Wildman–Crippen LogP) is 4.23. The van der Waals surface area contributed by atoms with Crippen molar-refractivity contribution in [3.8, 4) is 0 Å². The molecule has 0 unspecified atom stereocenters. The number of nitrogens with two attached hydrogens (primary N) is 1. The molecule has 0 amide bonds. The van der Waals surface area contributed by atoms with Crippen molar-refractivity contribution < 1.29 is 4.79 Å². The van der Waals surface area contributed by atoms with E-state index in [-0.39, 0.29) is 16.6 Å². The number of benzene rings is 1. The molecule has 0 radical (unpaired) electrons. The molecule has 3 N–H and O–H groups in total. The minimum Gasteiger partial charge on any atom is -0.397 e. The number of nitrogens with one attached hydrogen (secondary N) is 1. The number of carbonyl (C=O) groups excluding carboxylic acids is 1. The lowest BCUT2D eigenvalue weighted by atomic mass is 9.85. The molecule has 0 atom stereocenters. The number of nitrogen functional groups attached to an aromatic ring is 1. The molecule has 3 nitrogen and oxygen atoms in total. The van der Waals surface area contributed by atoms with Crippen molar-refractivity contribution in [1.29, 1.82) is 0 Å². The average Bonchev–Trinajstić information content (AvgIpc) is 2.28. The van der Waals surface area contributed by atoms with E-state index >= 15 is 0 Å². The lowest BCUT2D eigenvalue weighted by molar-refractivity contribution is -0.121. The zero-order chi connectivity index (χ0) is 15.6. The second-order valence-electron chi connectivity index (χ2n) is 7.13. The van der Waals surface area contributed by atoms with Gasteiger partial charge in [0.15, 0.2) is 5.78 Å². The summed E-state index contributed by atoms with van der Waals surface area (Å²) < 4.78 is 0. The Bertz CT molecular complexity index is 517. The van der Waals surface area contributed by atoms with E-state index in [0.29, 0.717) is 5.69 Å². The Balaban J connectivity index is 3.13. The fourth-order valence-electron chi connectivity index (χ4n) is 1.54. The van der Waals surface area contributed by atoms with Crippen LogP contribution in [0.4, 0.5) is 11.4 Å². The molecule has 0 aromatic heterocycles. The molecule has 0 spiro atoms. The molecule has 0 aliphatic heterocycles. The molecular weight excluding hydrogens is 248 g/mol. The number of carbonyl (C=O) groups is 1. The first-order valence-electron chi connectivity index (χ1n) is 6.90. The number of ketones is 1. The molecule has 0 saturated carbocycles. The van der Waals surface area contributed by atoms with Crippen molar-refractivity contribution in [3.05, 3.63) is 36.0 Å². The summed E-state index contributed by atoms with van der Waals surface area (Å²) in [5.41, 5.74) is 7.77. The lowest BCUT2D eigenvalue weighted by Gasteiger charge is -2.26. The van der Waals surface area contributed by atoms with Crippen molar-refractivity contribution in [2.75, 3.05) is 11.1 Å². The molecule has 0 aliphatic carbocycles. The second kappa shape index (κ2) is 5.70. The summed E-state index contributed by atoms with van der Waals surface area (Å²) in [6.45, 7) is 12.0. The van der Waals surface area contributed by atoms with Gasteiger partial charge in [-0.1, -0.05) is 53.7 Å². The zero-order valence-electron chi connectivity index (χ0n) is 13.4. The van der Waals surface area contributed by atoms with E-state index in [1.807, 2.05) is 45.0 Å². The van der Waals surface area contributed by atoms with Crippen molar-refractivity contribution >= 4 is 17.2 Å². The molecule has 110 valence electrons. The van der Waals surface area contributed by atoms with Gasteiger partial charge in [0.1, 0.15) is 0 Å². The summed E-state index contributed by atoms with van der Waals surface area (Å²) >= 11 is 0. The van der Waals surface area contributed by atoms with Gasteiger partial charge in [0, 0.05) is 22.6 Å². The largest absolute Gasteiger partial charge is 0.397 e. The summed E-state index contributed by atoms with van der Waals surface area (Å²) in [7, 11) is 0. The highest BCUT2D eigenvalue weighted by atomic mass is 16.1. The first-order valence-corrected chi connectivity index (χ1v) is 6.90. The highest BCUT2D eigenvalue weighted by molar-refractivity contribution is 5.95. The Morgan fingerprint density at radius 3 is 2.05 bits per heavy atom. The normalized spacial score (nSPS) is 13.2. The molecule has 0 saturated heterocycles. The molecule has 1 rings (SSSR count). The SMILES string of the molecule is CC(C)(C)C(=O)/C=C(\Nc1ccccc1N)C(C)(C)C. The van der Waals surface area contributed by atoms with Gasteiger partial charge in [-0.05, 0) is 12.1 Å². The Morgan fingerprint density at radius 1 is 1.05 bits per heavy atom. The average molecular weight is 274 g/mol. The first kappa shape index (κ1) is 16.3. The fraction of sp³-hybridized carbons (Fsp3) is 0.471. The third-order valence-electron chi connectivity index (χ3n) is 3.05. The minimum absolute atomic E-state index is 0.101. The van der Waals surface area contributed by atoms with Crippen LogP contribution in [0.1, 0.15) is 41.5 Å². The van der Waals surface area contributed by atoms with Gasteiger partial charge in [0.25, 0.3) is 0 Å². The van der Waals surface area contributed by atoms with E-state index in [1.165, 1.54) is 0 Å². The molecule has 1 aromatic carbocycles. The summed E-state index contributed by atoms with van der Waals surface area (Å²) in [4.78, 5) is 12.2. The van der Waals surface area contributed by atoms with Crippen molar-refractivity contribution in [1.82, 2.24) is 0 Å². The van der Waals surface area contributed by atoms with Crippen LogP contribution in [-0.4, -0.2) is 5.78 Å². The fourth-order valence-corrected chi connectivity index (χ4v) is 1.54. The van der Waals surface area contributed by atoms with Gasteiger partial charge in [0.05, 0.1) is 11.4 Å². The maximum absolute atomic E-state index is 12.2. The number of hydrogen-bond acceptors (Lipinski definition) is 3. The zero-order valence-corrected chi connectivity index (χ0v) is 13.4. The Morgan fingerprint density at radius 2 is 1.60 bits per heavy atom. The van der Waals surface area contributed by atoms with Crippen molar-refractivity contribution in [2.45, 2.75) is 41.5 Å². The van der Waals surface area contributed by atoms with Crippen molar-refractivity contribution in [3.63, 3.8) is 0 Å². The molecule has 20 heavy (non-hydrogen) atoms. The monoisotopic (exact) mass is 274 g/mol. The molecule has 0 heterocycles. The third-order valence-corrected chi connectivity index (χ3v) is 3.05. The molecule has 3 heteroatoms. The van der Waals surface area contributed by atoms with Crippen LogP contribution >= 0.6 is 0 Å². The van der Waals surface area contributed by atoms with Crippen LogP contribution in [0.3, 0.4) is 0 Å². The van der Waals surface area contributed by atoms with Gasteiger partial charge in [-0.15, -0.1) is 0 Å². The Hall–Kier alpha value is -1.77. The standard InChI is InChI=1S/C17H26N2O/c1-16(2,3)14(11-15(20)17(4,5)6)19-13-10-8-7-9-12(13)18/h7-11,19H,18H2,1-6H3/b14-11-. The van der Waals surface area contributed by atoms with Crippen LogP contribution in [0, 0.1) is 10.8 Å². The van der Waals surface area contributed by atoms with Gasteiger partial charge >= 0.3 is 0 Å². The maximum Gasteiger partial charge on any atom is 0.162 e. The Kier molecular flexibility index (Phi) is 4.64. The third kappa shape index (κ3) is 4.41. The summed E-state index contributed by atoms with van der Waals surface area (Å²) in [5, 5.41) is 3.31.